The van der Waals surface area contributed by atoms with Crippen LogP contribution >= 0.6 is 10.5 Å². The lowest BCUT2D eigenvalue weighted by molar-refractivity contribution is -0.122. The number of carbonyl (C=O) groups excluding carboxylic acids is 1. The molecule has 4 rings (SSSR count). The second kappa shape index (κ2) is 11.2. The minimum atomic E-state index is -4.60. The smallest absolute Gasteiger partial charge is 0.395 e. The molecule has 2 aromatic carbocycles. The molecule has 0 aromatic heterocycles. The number of rotatable bonds is 9. The number of aliphatic hydroxyl groups excluding tert-OH is 2. The monoisotopic (exact) mass is 534 g/mol. The number of amides is 1. The van der Waals surface area contributed by atoms with Crippen molar-refractivity contribution < 1.29 is 32.7 Å². The number of aliphatic hydroxyl groups is 2. The normalized spacial score (nSPS) is 22.0. The topological polar surface area (TPSA) is 93.0 Å². The molecule has 0 bridgehead atoms. The van der Waals surface area contributed by atoms with E-state index in [-0.39, 0.29) is 13.2 Å². The lowest BCUT2D eigenvalue weighted by atomic mass is 9.81. The first kappa shape index (κ1) is 27.2. The molecular weight excluding hydrogens is 505 g/mol. The molecule has 198 valence electrons. The van der Waals surface area contributed by atoms with Gasteiger partial charge in [-0.1, -0.05) is 60.7 Å². The molecule has 37 heavy (non-hydrogen) atoms. The van der Waals surface area contributed by atoms with E-state index >= 15 is 0 Å². The minimum Gasteiger partial charge on any atom is -0.395 e. The largest absolute Gasteiger partial charge is 0.413 e. The van der Waals surface area contributed by atoms with Gasteiger partial charge in [-0.2, -0.15) is 13.2 Å². The Labute approximate surface area is 215 Å². The fraction of sp³-hybridized carbons (Fsp3) is 0.296. The molecule has 0 saturated carbocycles. The third kappa shape index (κ3) is 6.16. The number of halogens is 3. The Bertz CT molecular complexity index is 1200. The van der Waals surface area contributed by atoms with E-state index in [1.54, 1.807) is 40.7 Å². The SMILES string of the molecule is O=C1C=C(C(F)(F)F)C2C=C(Cc3ccc(S(O)(CO)N(CCO)Cc4ccccc4)cc3)C=CC2N1. The molecule has 3 atom stereocenters. The number of benzene rings is 2. The van der Waals surface area contributed by atoms with Crippen molar-refractivity contribution in [1.82, 2.24) is 9.62 Å². The summed E-state index contributed by atoms with van der Waals surface area (Å²) in [6, 6.07) is 15.6. The lowest BCUT2D eigenvalue weighted by Crippen LogP contribution is -2.46. The maximum absolute atomic E-state index is 13.5. The number of carbonyl (C=O) groups is 1. The second-order valence-corrected chi connectivity index (χ2v) is 11.5. The van der Waals surface area contributed by atoms with Crippen molar-refractivity contribution >= 4 is 16.4 Å². The molecule has 1 heterocycles. The maximum Gasteiger partial charge on any atom is 0.413 e. The third-order valence-corrected chi connectivity index (χ3v) is 9.00. The predicted molar refractivity (Wildman–Crippen MR) is 136 cm³/mol. The summed E-state index contributed by atoms with van der Waals surface area (Å²) in [6.45, 7) is 0.300. The molecule has 0 radical (unpaired) electrons. The molecule has 6 nitrogen and oxygen atoms in total. The van der Waals surface area contributed by atoms with Crippen LogP contribution in [-0.2, 0) is 17.8 Å². The van der Waals surface area contributed by atoms with Crippen LogP contribution in [0.2, 0.25) is 0 Å². The Morgan fingerprint density at radius 1 is 1.00 bits per heavy atom. The minimum absolute atomic E-state index is 0.162. The van der Waals surface area contributed by atoms with Gasteiger partial charge in [0.25, 0.3) is 0 Å². The molecule has 1 aliphatic carbocycles. The van der Waals surface area contributed by atoms with Gasteiger partial charge in [0, 0.05) is 35.6 Å². The molecule has 10 heteroatoms. The molecular formula is C27H29F3N2O4S. The number of alkyl halides is 3. The zero-order valence-corrected chi connectivity index (χ0v) is 20.8. The van der Waals surface area contributed by atoms with E-state index in [4.69, 9.17) is 0 Å². The predicted octanol–water partition coefficient (Wildman–Crippen LogP) is 4.32. The summed E-state index contributed by atoms with van der Waals surface area (Å²) in [5, 5.41) is 22.3. The van der Waals surface area contributed by atoms with Crippen LogP contribution in [0.1, 0.15) is 11.1 Å². The van der Waals surface area contributed by atoms with Crippen LogP contribution < -0.4 is 5.32 Å². The van der Waals surface area contributed by atoms with E-state index in [0.717, 1.165) is 11.1 Å². The van der Waals surface area contributed by atoms with Crippen molar-refractivity contribution in [3.8, 4) is 0 Å². The van der Waals surface area contributed by atoms with Gasteiger partial charge in [-0.25, -0.2) is 4.31 Å². The standard InChI is InChI=1S/C27H29F3N2O4S/c28-27(29,30)24-16-26(35)31-25-11-8-21(15-23(24)25)14-19-6-9-22(10-7-19)37(36,18-34)32(12-13-33)17-20-4-2-1-3-5-20/h1-11,15-16,23,25,33-34,36H,12-14,17-18H2,(H,31,35). The summed E-state index contributed by atoms with van der Waals surface area (Å²) in [7, 11) is -2.82. The maximum atomic E-state index is 13.5. The Morgan fingerprint density at radius 3 is 2.32 bits per heavy atom. The number of hydrogen-bond donors (Lipinski definition) is 4. The number of nitrogens with zero attached hydrogens (tertiary/aromatic N) is 1. The summed E-state index contributed by atoms with van der Waals surface area (Å²) in [6.07, 6.45) is 1.21. The Morgan fingerprint density at radius 2 is 1.70 bits per heavy atom. The second-order valence-electron chi connectivity index (χ2n) is 8.95. The van der Waals surface area contributed by atoms with E-state index in [0.29, 0.717) is 29.5 Å². The molecule has 4 N–H and O–H groups in total. The van der Waals surface area contributed by atoms with Crippen molar-refractivity contribution in [1.29, 1.82) is 0 Å². The number of nitrogens with one attached hydrogen (secondary N) is 1. The van der Waals surface area contributed by atoms with Crippen LogP contribution in [0.25, 0.3) is 0 Å². The summed E-state index contributed by atoms with van der Waals surface area (Å²) in [4.78, 5) is 12.2. The molecule has 3 unspecified atom stereocenters. The zero-order chi connectivity index (χ0) is 26.6. The third-order valence-electron chi connectivity index (χ3n) is 6.45. The van der Waals surface area contributed by atoms with Crippen LogP contribution in [0.4, 0.5) is 13.2 Å². The molecule has 1 amide bonds. The van der Waals surface area contributed by atoms with Crippen LogP contribution in [0.5, 0.6) is 0 Å². The highest BCUT2D eigenvalue weighted by Crippen LogP contribution is 2.55. The highest BCUT2D eigenvalue weighted by molar-refractivity contribution is 8.27. The molecule has 0 fully saturated rings. The van der Waals surface area contributed by atoms with Gasteiger partial charge in [0.05, 0.1) is 12.6 Å². The van der Waals surface area contributed by atoms with Crippen molar-refractivity contribution in [2.45, 2.75) is 30.1 Å². The molecule has 0 saturated heterocycles. The van der Waals surface area contributed by atoms with Crippen LogP contribution in [0, 0.1) is 5.92 Å². The summed E-state index contributed by atoms with van der Waals surface area (Å²) < 4.78 is 53.7. The van der Waals surface area contributed by atoms with Gasteiger partial charge in [0.15, 0.2) is 0 Å². The van der Waals surface area contributed by atoms with Gasteiger partial charge in [-0.3, -0.25) is 4.79 Å². The Balaban J connectivity index is 1.53. The summed E-state index contributed by atoms with van der Waals surface area (Å²) in [5.41, 5.74) is 1.55. The lowest BCUT2D eigenvalue weighted by Gasteiger charge is -2.43. The number of hydrogen-bond acceptors (Lipinski definition) is 5. The summed E-state index contributed by atoms with van der Waals surface area (Å²) >= 11 is 0. The van der Waals surface area contributed by atoms with Crippen molar-refractivity contribution in [2.75, 3.05) is 19.1 Å². The zero-order valence-electron chi connectivity index (χ0n) is 19.9. The van der Waals surface area contributed by atoms with E-state index in [1.807, 2.05) is 30.3 Å². The highest BCUT2D eigenvalue weighted by Gasteiger charge is 2.44. The van der Waals surface area contributed by atoms with Crippen molar-refractivity contribution in [3.05, 3.63) is 101 Å². The Kier molecular flexibility index (Phi) is 8.25. The Hall–Kier alpha value is -2.89. The van der Waals surface area contributed by atoms with Crippen LogP contribution in [0.3, 0.4) is 0 Å². The fourth-order valence-electron chi connectivity index (χ4n) is 4.59. The van der Waals surface area contributed by atoms with Gasteiger partial charge in [0.2, 0.25) is 5.91 Å². The van der Waals surface area contributed by atoms with E-state index in [1.165, 1.54) is 6.08 Å². The van der Waals surface area contributed by atoms with E-state index in [9.17, 15) is 32.7 Å². The first-order valence-electron chi connectivity index (χ1n) is 11.8. The van der Waals surface area contributed by atoms with Crippen LogP contribution in [0.15, 0.2) is 94.9 Å². The molecule has 1 aliphatic heterocycles. The van der Waals surface area contributed by atoms with E-state index in [2.05, 4.69) is 5.32 Å². The highest BCUT2D eigenvalue weighted by atomic mass is 32.3. The van der Waals surface area contributed by atoms with Gasteiger partial charge < -0.3 is 20.1 Å². The van der Waals surface area contributed by atoms with E-state index < -0.39 is 46.1 Å². The van der Waals surface area contributed by atoms with Crippen molar-refractivity contribution in [3.63, 3.8) is 0 Å². The molecule has 2 aromatic rings. The van der Waals surface area contributed by atoms with Gasteiger partial charge >= 0.3 is 6.18 Å². The molecule has 0 spiro atoms. The van der Waals surface area contributed by atoms with Gasteiger partial charge in [-0.15, -0.1) is 0 Å². The fourth-order valence-corrected chi connectivity index (χ4v) is 6.52. The average Bonchev–Trinajstić information content (AvgIpc) is 2.88. The quantitative estimate of drug-likeness (QED) is 0.385. The number of fused-ring (bicyclic) bond motifs is 1. The van der Waals surface area contributed by atoms with Gasteiger partial charge in [0.1, 0.15) is 5.94 Å². The van der Waals surface area contributed by atoms with Crippen LogP contribution in [-0.4, -0.2) is 56.3 Å². The first-order valence-corrected chi connectivity index (χ1v) is 13.5. The average molecular weight is 535 g/mol. The molecule has 2 aliphatic rings. The first-order chi connectivity index (χ1) is 17.6. The number of allylic oxidation sites excluding steroid dienone is 2. The van der Waals surface area contributed by atoms with Crippen molar-refractivity contribution in [2.24, 2.45) is 5.92 Å². The summed E-state index contributed by atoms with van der Waals surface area (Å²) in [5.74, 6) is -2.27. The van der Waals surface area contributed by atoms with Gasteiger partial charge in [-0.05, 0) is 45.7 Å².